The number of amides is 1. The Labute approximate surface area is 185 Å². The first-order valence-corrected chi connectivity index (χ1v) is 12.2. The van der Waals surface area contributed by atoms with E-state index in [-0.39, 0.29) is 35.4 Å². The molecule has 1 heterocycles. The van der Waals surface area contributed by atoms with Crippen LogP contribution in [0.5, 0.6) is 0 Å². The van der Waals surface area contributed by atoms with Crippen LogP contribution in [0.1, 0.15) is 82.3 Å². The van der Waals surface area contributed by atoms with E-state index in [2.05, 4.69) is 39.5 Å². The van der Waals surface area contributed by atoms with Crippen LogP contribution in [-0.2, 0) is 9.53 Å². The minimum atomic E-state index is -0.264. The van der Waals surface area contributed by atoms with E-state index >= 15 is 0 Å². The molecule has 0 bridgehead atoms. The number of hydrogen-bond donors (Lipinski definition) is 0. The van der Waals surface area contributed by atoms with Gasteiger partial charge in [0.1, 0.15) is 11.0 Å². The van der Waals surface area contributed by atoms with E-state index in [4.69, 9.17) is 4.74 Å². The average Bonchev–Trinajstić information content (AvgIpc) is 3.25. The van der Waals surface area contributed by atoms with Gasteiger partial charge in [0.15, 0.2) is 0 Å². The number of esters is 1. The molecule has 0 aliphatic heterocycles. The minimum absolute atomic E-state index is 0.0715. The maximum atomic E-state index is 12.7. The topological polar surface area (TPSA) is 46.6 Å². The van der Waals surface area contributed by atoms with Crippen molar-refractivity contribution >= 4 is 23.7 Å². The van der Waals surface area contributed by atoms with Crippen molar-refractivity contribution in [2.75, 3.05) is 0 Å². The molecular formula is C25H35NO3S. The highest BCUT2D eigenvalue weighted by atomic mass is 32.1. The Morgan fingerprint density at radius 2 is 1.93 bits per heavy atom. The number of thiophene rings is 1. The van der Waals surface area contributed by atoms with Crippen LogP contribution < -0.4 is 0 Å². The second kappa shape index (κ2) is 10.0. The quantitative estimate of drug-likeness (QED) is 0.351. The summed E-state index contributed by atoms with van der Waals surface area (Å²) < 4.78 is 5.98. The zero-order valence-electron chi connectivity index (χ0n) is 18.7. The van der Waals surface area contributed by atoms with Crippen LogP contribution in [-0.4, -0.2) is 35.5 Å². The summed E-state index contributed by atoms with van der Waals surface area (Å²) in [7, 11) is 0. The molecule has 30 heavy (non-hydrogen) atoms. The molecule has 1 aromatic rings. The van der Waals surface area contributed by atoms with Crippen LogP contribution in [0, 0.1) is 29.1 Å². The molecule has 2 aliphatic rings. The normalized spacial score (nSPS) is 27.6. The Morgan fingerprint density at radius 3 is 2.53 bits per heavy atom. The van der Waals surface area contributed by atoms with Crippen molar-refractivity contribution in [1.29, 1.82) is 0 Å². The highest BCUT2D eigenvalue weighted by Gasteiger charge is 2.40. The molecule has 0 spiro atoms. The molecule has 5 heteroatoms. The molecule has 0 radical (unpaired) electrons. The number of nitrogens with zero attached hydrogens (tertiary/aromatic N) is 1. The summed E-state index contributed by atoms with van der Waals surface area (Å²) >= 11 is 1.40. The van der Waals surface area contributed by atoms with Gasteiger partial charge in [-0.05, 0) is 51.5 Å². The van der Waals surface area contributed by atoms with Gasteiger partial charge in [-0.25, -0.2) is 4.79 Å². The summed E-state index contributed by atoms with van der Waals surface area (Å²) in [6.07, 6.45) is 8.11. The van der Waals surface area contributed by atoms with Crippen molar-refractivity contribution in [2.24, 2.45) is 17.3 Å². The van der Waals surface area contributed by atoms with Gasteiger partial charge in [-0.1, -0.05) is 44.1 Å². The molecule has 0 saturated heterocycles. The maximum Gasteiger partial charge on any atom is 0.348 e. The molecule has 1 amide bonds. The predicted octanol–water partition coefficient (Wildman–Crippen LogP) is 5.53. The van der Waals surface area contributed by atoms with Gasteiger partial charge in [-0.3, -0.25) is 4.79 Å². The van der Waals surface area contributed by atoms with Gasteiger partial charge >= 0.3 is 5.97 Å². The standard InChI is InChI=1S/C25H35NO3S/c1-18-19(12-13-25(2,3)4)15-21(26(17-27)20-9-6-5-7-10-20)16-22(18)29-24(28)23-11-8-14-30-23/h8,11,14,17-22H,5-7,9-10,15-16H2,1-4H3/t18-,19-,21-,22+/m1/s1. The lowest BCUT2D eigenvalue weighted by molar-refractivity contribution is -0.126. The lowest BCUT2D eigenvalue weighted by Crippen LogP contribution is -2.50. The minimum Gasteiger partial charge on any atom is -0.458 e. The van der Waals surface area contributed by atoms with Gasteiger partial charge < -0.3 is 9.64 Å². The first-order valence-electron chi connectivity index (χ1n) is 11.3. The van der Waals surface area contributed by atoms with Gasteiger partial charge in [0.2, 0.25) is 6.41 Å². The van der Waals surface area contributed by atoms with E-state index < -0.39 is 0 Å². The Bertz CT molecular complexity index is 765. The van der Waals surface area contributed by atoms with Crippen molar-refractivity contribution in [3.63, 3.8) is 0 Å². The summed E-state index contributed by atoms with van der Waals surface area (Å²) in [5.41, 5.74) is -0.0798. The van der Waals surface area contributed by atoms with Crippen LogP contribution in [0.4, 0.5) is 0 Å². The van der Waals surface area contributed by atoms with Gasteiger partial charge in [0.05, 0.1) is 0 Å². The second-order valence-electron chi connectivity index (χ2n) is 9.88. The maximum absolute atomic E-state index is 12.7. The lowest BCUT2D eigenvalue weighted by atomic mass is 9.74. The third-order valence-corrected chi connectivity index (χ3v) is 7.25. The molecular weight excluding hydrogens is 394 g/mol. The van der Waals surface area contributed by atoms with E-state index in [0.717, 1.165) is 25.7 Å². The van der Waals surface area contributed by atoms with Gasteiger partial charge in [0.25, 0.3) is 0 Å². The summed E-state index contributed by atoms with van der Waals surface area (Å²) in [5.74, 6) is 6.85. The zero-order chi connectivity index (χ0) is 21.7. The molecule has 164 valence electrons. The predicted molar refractivity (Wildman–Crippen MR) is 121 cm³/mol. The van der Waals surface area contributed by atoms with Crippen molar-refractivity contribution in [2.45, 2.75) is 90.8 Å². The first-order chi connectivity index (χ1) is 14.3. The van der Waals surface area contributed by atoms with Gasteiger partial charge in [-0.15, -0.1) is 11.3 Å². The van der Waals surface area contributed by atoms with E-state index in [1.54, 1.807) is 6.07 Å². The van der Waals surface area contributed by atoms with Crippen molar-refractivity contribution < 1.29 is 14.3 Å². The largest absolute Gasteiger partial charge is 0.458 e. The van der Waals surface area contributed by atoms with Crippen LogP contribution in [0.15, 0.2) is 17.5 Å². The average molecular weight is 430 g/mol. The second-order valence-corrected chi connectivity index (χ2v) is 10.8. The van der Waals surface area contributed by atoms with Gasteiger partial charge in [-0.2, -0.15) is 0 Å². The monoisotopic (exact) mass is 429 g/mol. The van der Waals surface area contributed by atoms with E-state index in [1.165, 1.54) is 30.6 Å². The highest BCUT2D eigenvalue weighted by molar-refractivity contribution is 7.11. The number of rotatable bonds is 5. The molecule has 4 nitrogen and oxygen atoms in total. The third-order valence-electron chi connectivity index (χ3n) is 6.40. The third kappa shape index (κ3) is 5.88. The molecule has 0 N–H and O–H groups in total. The highest BCUT2D eigenvalue weighted by Crippen LogP contribution is 2.37. The molecule has 1 aromatic heterocycles. The summed E-state index contributed by atoms with van der Waals surface area (Å²) in [6.45, 7) is 8.47. The van der Waals surface area contributed by atoms with Crippen molar-refractivity contribution in [3.05, 3.63) is 22.4 Å². The molecule has 2 saturated carbocycles. The van der Waals surface area contributed by atoms with Crippen molar-refractivity contribution in [1.82, 2.24) is 4.90 Å². The van der Waals surface area contributed by atoms with Crippen LogP contribution in [0.3, 0.4) is 0 Å². The Kier molecular flexibility index (Phi) is 7.63. The number of carbonyl (C=O) groups is 2. The Hall–Kier alpha value is -1.80. The molecule has 3 rings (SSSR count). The first kappa shape index (κ1) is 22.9. The van der Waals surface area contributed by atoms with E-state index in [1.807, 2.05) is 16.3 Å². The van der Waals surface area contributed by atoms with Crippen LogP contribution in [0.25, 0.3) is 0 Å². The van der Waals surface area contributed by atoms with Crippen LogP contribution in [0.2, 0.25) is 0 Å². The zero-order valence-corrected chi connectivity index (χ0v) is 19.5. The SMILES string of the molecule is C[C@@H]1[C@H](C#CC(C)(C)C)C[C@@H](N(C=O)C2CCCCC2)C[C@@H]1OC(=O)c1cccs1. The fraction of sp³-hybridized carbons (Fsp3) is 0.680. The fourth-order valence-corrected chi connectivity index (χ4v) is 5.29. The summed E-state index contributed by atoms with van der Waals surface area (Å²) in [4.78, 5) is 27.4. The van der Waals surface area contributed by atoms with E-state index in [0.29, 0.717) is 17.3 Å². The smallest absolute Gasteiger partial charge is 0.348 e. The molecule has 0 unspecified atom stereocenters. The van der Waals surface area contributed by atoms with Crippen molar-refractivity contribution in [3.8, 4) is 11.8 Å². The Balaban J connectivity index is 1.82. The summed E-state index contributed by atoms with van der Waals surface area (Å²) in [6, 6.07) is 4.04. The number of hydrogen-bond acceptors (Lipinski definition) is 4. The molecule has 2 aliphatic carbocycles. The summed E-state index contributed by atoms with van der Waals surface area (Å²) in [5, 5.41) is 1.89. The number of ether oxygens (including phenoxy) is 1. The Morgan fingerprint density at radius 1 is 1.20 bits per heavy atom. The van der Waals surface area contributed by atoms with E-state index in [9.17, 15) is 9.59 Å². The van der Waals surface area contributed by atoms with Crippen LogP contribution >= 0.6 is 11.3 Å². The lowest BCUT2D eigenvalue weighted by Gasteiger charge is -2.44. The molecule has 0 aromatic carbocycles. The van der Waals surface area contributed by atoms with Gasteiger partial charge in [0, 0.05) is 35.8 Å². The fourth-order valence-electron chi connectivity index (χ4n) is 4.68. The molecule has 4 atom stereocenters. The molecule has 2 fully saturated rings. The number of carbonyl (C=O) groups excluding carboxylic acids is 2.